The van der Waals surface area contributed by atoms with E-state index in [0.717, 1.165) is 44.4 Å². The van der Waals surface area contributed by atoms with Crippen LogP contribution in [0.3, 0.4) is 0 Å². The number of aromatic nitrogens is 2. The molecular weight excluding hydrogens is 328 g/mol. The molecule has 0 spiro atoms. The molecule has 3 N–H and O–H groups in total. The minimum Gasteiger partial charge on any atom is -0.497 e. The normalized spacial score (nSPS) is 10.6. The molecule has 0 saturated heterocycles. The van der Waals surface area contributed by atoms with Crippen LogP contribution in [0, 0.1) is 0 Å². The van der Waals surface area contributed by atoms with Crippen molar-refractivity contribution in [2.75, 3.05) is 31.3 Å². The molecule has 0 amide bonds. The van der Waals surface area contributed by atoms with Crippen LogP contribution in [-0.4, -0.2) is 30.2 Å². The number of anilines is 2. The number of benzene rings is 1. The Morgan fingerprint density at radius 3 is 2.73 bits per heavy atom. The van der Waals surface area contributed by atoms with Gasteiger partial charge in [0.25, 0.3) is 0 Å². The average Bonchev–Trinajstić information content (AvgIpc) is 2.66. The molecule has 6 nitrogen and oxygen atoms in total. The van der Waals surface area contributed by atoms with Crippen molar-refractivity contribution in [1.29, 1.82) is 0 Å². The molecule has 1 aromatic heterocycles. The summed E-state index contributed by atoms with van der Waals surface area (Å²) in [6.07, 6.45) is 6.67. The standard InChI is InChI=1S/C20H30N4O2/c1-4-6-11-22-19-18(14-23-20(21)24-19)26-12-7-8-16-13-17(25-3)10-9-15(16)5-2/h9-10,13-14H,4-8,11-12H2,1-3H3,(H3,21,22,23,24). The van der Waals surface area contributed by atoms with Crippen molar-refractivity contribution in [2.24, 2.45) is 0 Å². The van der Waals surface area contributed by atoms with Crippen LogP contribution >= 0.6 is 0 Å². The highest BCUT2D eigenvalue weighted by molar-refractivity contribution is 5.51. The van der Waals surface area contributed by atoms with Crippen LogP contribution in [0.1, 0.15) is 44.2 Å². The van der Waals surface area contributed by atoms with Gasteiger partial charge in [-0.3, -0.25) is 0 Å². The summed E-state index contributed by atoms with van der Waals surface area (Å²) in [5.41, 5.74) is 8.35. The number of nitrogens with one attached hydrogen (secondary N) is 1. The summed E-state index contributed by atoms with van der Waals surface area (Å²) >= 11 is 0. The summed E-state index contributed by atoms with van der Waals surface area (Å²) in [6, 6.07) is 6.26. The van der Waals surface area contributed by atoms with Crippen LogP contribution in [-0.2, 0) is 12.8 Å². The highest BCUT2D eigenvalue weighted by Gasteiger charge is 2.08. The van der Waals surface area contributed by atoms with E-state index >= 15 is 0 Å². The first-order chi connectivity index (χ1) is 12.7. The Balaban J connectivity index is 1.92. The first-order valence-electron chi connectivity index (χ1n) is 9.32. The van der Waals surface area contributed by atoms with E-state index in [1.807, 2.05) is 6.07 Å². The maximum absolute atomic E-state index is 5.90. The Kier molecular flexibility index (Phi) is 7.99. The van der Waals surface area contributed by atoms with E-state index in [4.69, 9.17) is 15.2 Å². The largest absolute Gasteiger partial charge is 0.497 e. The quantitative estimate of drug-likeness (QED) is 0.594. The summed E-state index contributed by atoms with van der Waals surface area (Å²) in [4.78, 5) is 8.29. The summed E-state index contributed by atoms with van der Waals surface area (Å²) in [6.45, 7) is 5.75. The molecule has 0 saturated carbocycles. The molecule has 0 radical (unpaired) electrons. The van der Waals surface area contributed by atoms with E-state index in [0.29, 0.717) is 18.2 Å². The van der Waals surface area contributed by atoms with Gasteiger partial charge in [-0.1, -0.05) is 26.3 Å². The third-order valence-electron chi connectivity index (χ3n) is 4.24. The average molecular weight is 358 g/mol. The van der Waals surface area contributed by atoms with Crippen LogP contribution in [0.25, 0.3) is 0 Å². The lowest BCUT2D eigenvalue weighted by molar-refractivity contribution is 0.310. The maximum Gasteiger partial charge on any atom is 0.222 e. The van der Waals surface area contributed by atoms with Gasteiger partial charge in [0.15, 0.2) is 11.6 Å². The maximum atomic E-state index is 5.90. The fraction of sp³-hybridized carbons (Fsp3) is 0.500. The Hall–Kier alpha value is -2.50. The Morgan fingerprint density at radius 1 is 1.15 bits per heavy atom. The number of hydrogen-bond donors (Lipinski definition) is 2. The van der Waals surface area contributed by atoms with Crippen molar-refractivity contribution in [3.63, 3.8) is 0 Å². The molecule has 1 aromatic carbocycles. The van der Waals surface area contributed by atoms with Crippen molar-refractivity contribution in [1.82, 2.24) is 9.97 Å². The van der Waals surface area contributed by atoms with Gasteiger partial charge < -0.3 is 20.5 Å². The zero-order valence-corrected chi connectivity index (χ0v) is 16.0. The first kappa shape index (κ1) is 19.8. The molecule has 0 aliphatic carbocycles. The predicted octanol–water partition coefficient (Wildman–Crippen LogP) is 3.85. The molecule has 0 fully saturated rings. The molecule has 0 bridgehead atoms. The second-order valence-corrected chi connectivity index (χ2v) is 6.16. The fourth-order valence-electron chi connectivity index (χ4n) is 2.75. The SMILES string of the molecule is CCCCNc1nc(N)ncc1OCCCc1cc(OC)ccc1CC. The van der Waals surface area contributed by atoms with E-state index in [1.54, 1.807) is 13.3 Å². The minimum atomic E-state index is 0.250. The van der Waals surface area contributed by atoms with Crippen LogP contribution < -0.4 is 20.5 Å². The monoisotopic (exact) mass is 358 g/mol. The zero-order valence-electron chi connectivity index (χ0n) is 16.0. The molecule has 1 heterocycles. The lowest BCUT2D eigenvalue weighted by Crippen LogP contribution is -2.09. The van der Waals surface area contributed by atoms with Crippen LogP contribution in [0.5, 0.6) is 11.5 Å². The second-order valence-electron chi connectivity index (χ2n) is 6.16. The molecule has 0 unspecified atom stereocenters. The van der Waals surface area contributed by atoms with Crippen LogP contribution in [0.4, 0.5) is 11.8 Å². The summed E-state index contributed by atoms with van der Waals surface area (Å²) < 4.78 is 11.2. The molecule has 0 atom stereocenters. The van der Waals surface area contributed by atoms with E-state index in [1.165, 1.54) is 11.1 Å². The molecular formula is C20H30N4O2. The number of aryl methyl sites for hydroxylation is 2. The lowest BCUT2D eigenvalue weighted by Gasteiger charge is -2.13. The van der Waals surface area contributed by atoms with Gasteiger partial charge in [0.1, 0.15) is 5.75 Å². The lowest BCUT2D eigenvalue weighted by atomic mass is 10.0. The Morgan fingerprint density at radius 2 is 2.00 bits per heavy atom. The third kappa shape index (κ3) is 5.79. The highest BCUT2D eigenvalue weighted by Crippen LogP contribution is 2.23. The molecule has 0 aliphatic heterocycles. The Labute approximate surface area is 156 Å². The number of hydrogen-bond acceptors (Lipinski definition) is 6. The number of rotatable bonds is 11. The topological polar surface area (TPSA) is 82.3 Å². The van der Waals surface area contributed by atoms with Crippen molar-refractivity contribution in [3.05, 3.63) is 35.5 Å². The van der Waals surface area contributed by atoms with E-state index in [9.17, 15) is 0 Å². The van der Waals surface area contributed by atoms with Gasteiger partial charge in [-0.15, -0.1) is 0 Å². The minimum absolute atomic E-state index is 0.250. The van der Waals surface area contributed by atoms with E-state index in [-0.39, 0.29) is 5.95 Å². The number of nitrogens with zero attached hydrogens (tertiary/aromatic N) is 2. The van der Waals surface area contributed by atoms with Crippen molar-refractivity contribution in [2.45, 2.75) is 46.0 Å². The number of methoxy groups -OCH3 is 1. The van der Waals surface area contributed by atoms with Gasteiger partial charge in [-0.2, -0.15) is 4.98 Å². The van der Waals surface area contributed by atoms with Crippen molar-refractivity contribution < 1.29 is 9.47 Å². The van der Waals surface area contributed by atoms with Gasteiger partial charge in [0, 0.05) is 6.54 Å². The highest BCUT2D eigenvalue weighted by atomic mass is 16.5. The molecule has 26 heavy (non-hydrogen) atoms. The predicted molar refractivity (Wildman–Crippen MR) is 106 cm³/mol. The molecule has 6 heteroatoms. The van der Waals surface area contributed by atoms with Gasteiger partial charge in [-0.05, 0) is 48.9 Å². The van der Waals surface area contributed by atoms with Gasteiger partial charge in [-0.25, -0.2) is 4.98 Å². The van der Waals surface area contributed by atoms with E-state index in [2.05, 4.69) is 41.3 Å². The van der Waals surface area contributed by atoms with Crippen molar-refractivity contribution >= 4 is 11.8 Å². The summed E-state index contributed by atoms with van der Waals surface area (Å²) in [5.74, 6) is 2.46. The fourth-order valence-corrected chi connectivity index (χ4v) is 2.75. The van der Waals surface area contributed by atoms with Crippen LogP contribution in [0.15, 0.2) is 24.4 Å². The third-order valence-corrected chi connectivity index (χ3v) is 4.24. The van der Waals surface area contributed by atoms with Gasteiger partial charge in [0.05, 0.1) is 19.9 Å². The zero-order chi connectivity index (χ0) is 18.8. The number of ether oxygens (including phenoxy) is 2. The molecule has 2 rings (SSSR count). The number of unbranched alkanes of at least 4 members (excludes halogenated alkanes) is 1. The molecule has 2 aromatic rings. The van der Waals surface area contributed by atoms with Gasteiger partial charge >= 0.3 is 0 Å². The number of nitrogen functional groups attached to an aromatic ring is 1. The first-order valence-corrected chi connectivity index (χ1v) is 9.32. The second kappa shape index (κ2) is 10.5. The Bertz CT molecular complexity index is 692. The molecule has 0 aliphatic rings. The van der Waals surface area contributed by atoms with Crippen molar-refractivity contribution in [3.8, 4) is 11.5 Å². The van der Waals surface area contributed by atoms with Crippen LogP contribution in [0.2, 0.25) is 0 Å². The summed E-state index contributed by atoms with van der Waals surface area (Å²) in [5, 5.41) is 3.27. The smallest absolute Gasteiger partial charge is 0.222 e. The number of nitrogens with two attached hydrogens (primary N) is 1. The van der Waals surface area contributed by atoms with Gasteiger partial charge in [0.2, 0.25) is 5.95 Å². The summed E-state index contributed by atoms with van der Waals surface area (Å²) in [7, 11) is 1.70. The van der Waals surface area contributed by atoms with E-state index < -0.39 is 0 Å². The molecule has 142 valence electrons.